The third kappa shape index (κ3) is 3.62. The van der Waals surface area contributed by atoms with E-state index in [1.165, 1.54) is 11.8 Å². The van der Waals surface area contributed by atoms with Crippen LogP contribution in [0.3, 0.4) is 0 Å². The van der Waals surface area contributed by atoms with Crippen molar-refractivity contribution in [3.63, 3.8) is 0 Å². The summed E-state index contributed by atoms with van der Waals surface area (Å²) in [4.78, 5) is 25.8. The number of benzene rings is 1. The first-order valence-electron chi connectivity index (χ1n) is 9.61. The van der Waals surface area contributed by atoms with E-state index in [4.69, 9.17) is 0 Å². The van der Waals surface area contributed by atoms with Crippen LogP contribution >= 0.6 is 11.8 Å². The molecule has 2 heterocycles. The first-order valence-corrected chi connectivity index (χ1v) is 10.5. The molecular formula is C20H24N6O2S. The smallest absolute Gasteiger partial charge is 0.295 e. The monoisotopic (exact) mass is 412 g/mol. The Morgan fingerprint density at radius 2 is 1.90 bits per heavy atom. The van der Waals surface area contributed by atoms with E-state index >= 15 is 0 Å². The second-order valence-corrected chi connectivity index (χ2v) is 8.62. The minimum Gasteiger partial charge on any atom is -0.319 e. The van der Waals surface area contributed by atoms with E-state index in [9.17, 15) is 9.59 Å². The third-order valence-electron chi connectivity index (χ3n) is 5.20. The molecule has 152 valence electrons. The lowest BCUT2D eigenvalue weighted by Gasteiger charge is -2.12. The Labute approximate surface area is 172 Å². The second-order valence-electron chi connectivity index (χ2n) is 7.32. The minimum absolute atomic E-state index is 0.232. The van der Waals surface area contributed by atoms with Gasteiger partial charge in [-0.05, 0) is 45.7 Å². The maximum absolute atomic E-state index is 13.0. The molecule has 0 aliphatic heterocycles. The fourth-order valence-electron chi connectivity index (χ4n) is 3.33. The van der Waals surface area contributed by atoms with Crippen molar-refractivity contribution in [1.29, 1.82) is 0 Å². The topological polar surface area (TPSA) is 86.7 Å². The molecule has 8 nitrogen and oxygen atoms in total. The Morgan fingerprint density at radius 3 is 2.55 bits per heavy atom. The molecule has 0 bridgehead atoms. The molecule has 1 saturated carbocycles. The molecule has 1 aromatic carbocycles. The highest BCUT2D eigenvalue weighted by molar-refractivity contribution is 8.00. The van der Waals surface area contributed by atoms with Gasteiger partial charge in [-0.15, -0.1) is 10.2 Å². The normalized spacial score (nSPS) is 14.8. The van der Waals surface area contributed by atoms with Gasteiger partial charge in [0.25, 0.3) is 5.56 Å². The molecule has 0 radical (unpaired) electrons. The molecule has 1 unspecified atom stereocenters. The van der Waals surface area contributed by atoms with Gasteiger partial charge in [0.15, 0.2) is 5.16 Å². The summed E-state index contributed by atoms with van der Waals surface area (Å²) < 4.78 is 5.40. The number of para-hydroxylation sites is 1. The van der Waals surface area contributed by atoms with Crippen molar-refractivity contribution in [3.05, 3.63) is 52.2 Å². The average molecular weight is 413 g/mol. The van der Waals surface area contributed by atoms with Crippen LogP contribution in [0.25, 0.3) is 5.69 Å². The zero-order valence-electron chi connectivity index (χ0n) is 16.9. The van der Waals surface area contributed by atoms with E-state index in [2.05, 4.69) is 20.1 Å². The molecule has 4 rings (SSSR count). The molecule has 2 aromatic heterocycles. The standard InChI is InChI=1S/C20H24N6O2S/c1-12-17(19(28)26(24(12)4)16-8-6-5-7-9-16)21-18(27)13(2)29-20-23-22-14(3)25(20)15-10-11-15/h5-9,13,15H,10-11H2,1-4H3,(H,21,27). The molecule has 3 aromatic rings. The molecule has 1 aliphatic rings. The van der Waals surface area contributed by atoms with Gasteiger partial charge < -0.3 is 9.88 Å². The van der Waals surface area contributed by atoms with Crippen LogP contribution in [0.1, 0.15) is 37.3 Å². The number of nitrogens with one attached hydrogen (secondary N) is 1. The molecule has 1 N–H and O–H groups in total. The summed E-state index contributed by atoms with van der Waals surface area (Å²) in [5, 5.41) is 11.5. The lowest BCUT2D eigenvalue weighted by molar-refractivity contribution is -0.115. The van der Waals surface area contributed by atoms with Crippen LogP contribution in [-0.2, 0) is 11.8 Å². The van der Waals surface area contributed by atoms with Crippen LogP contribution in [0.5, 0.6) is 0 Å². The van der Waals surface area contributed by atoms with Crippen molar-refractivity contribution in [1.82, 2.24) is 24.1 Å². The Morgan fingerprint density at radius 1 is 1.21 bits per heavy atom. The first kappa shape index (κ1) is 19.5. The number of hydrogen-bond acceptors (Lipinski definition) is 5. The van der Waals surface area contributed by atoms with Gasteiger partial charge >= 0.3 is 0 Å². The summed E-state index contributed by atoms with van der Waals surface area (Å²) in [5.74, 6) is 0.635. The van der Waals surface area contributed by atoms with E-state index < -0.39 is 5.25 Å². The second kappa shape index (κ2) is 7.55. The van der Waals surface area contributed by atoms with E-state index in [1.54, 1.807) is 16.4 Å². The maximum atomic E-state index is 13.0. The third-order valence-corrected chi connectivity index (χ3v) is 6.26. The number of anilines is 1. The van der Waals surface area contributed by atoms with Crippen LogP contribution in [0.2, 0.25) is 0 Å². The average Bonchev–Trinajstić information content (AvgIpc) is 3.45. The summed E-state index contributed by atoms with van der Waals surface area (Å²) in [6.07, 6.45) is 2.24. The molecule has 1 amide bonds. The summed E-state index contributed by atoms with van der Waals surface area (Å²) in [7, 11) is 1.80. The summed E-state index contributed by atoms with van der Waals surface area (Å²) >= 11 is 1.37. The predicted molar refractivity (Wildman–Crippen MR) is 113 cm³/mol. The van der Waals surface area contributed by atoms with Crippen molar-refractivity contribution in [2.24, 2.45) is 7.05 Å². The summed E-state index contributed by atoms with van der Waals surface area (Å²) in [5.41, 5.74) is 1.49. The quantitative estimate of drug-likeness (QED) is 0.629. The Balaban J connectivity index is 1.55. The van der Waals surface area contributed by atoms with E-state index in [0.717, 1.165) is 29.5 Å². The number of aryl methyl sites for hydroxylation is 1. The number of rotatable bonds is 6. The molecule has 0 saturated heterocycles. The summed E-state index contributed by atoms with van der Waals surface area (Å²) in [6.45, 7) is 5.57. The van der Waals surface area contributed by atoms with E-state index in [-0.39, 0.29) is 11.5 Å². The van der Waals surface area contributed by atoms with Crippen LogP contribution < -0.4 is 10.9 Å². The van der Waals surface area contributed by atoms with E-state index in [0.29, 0.717) is 17.4 Å². The zero-order chi connectivity index (χ0) is 20.7. The Kier molecular flexibility index (Phi) is 5.08. The SMILES string of the molecule is Cc1nnc(SC(C)C(=O)Nc2c(C)n(C)n(-c3ccccc3)c2=O)n1C1CC1. The van der Waals surface area contributed by atoms with Crippen LogP contribution in [0, 0.1) is 13.8 Å². The van der Waals surface area contributed by atoms with Crippen LogP contribution in [0.4, 0.5) is 5.69 Å². The molecule has 9 heteroatoms. The number of aromatic nitrogens is 5. The van der Waals surface area contributed by atoms with Crippen LogP contribution in [-0.4, -0.2) is 35.3 Å². The van der Waals surface area contributed by atoms with Crippen molar-refractivity contribution < 1.29 is 4.79 Å². The maximum Gasteiger partial charge on any atom is 0.295 e. The van der Waals surface area contributed by atoms with Gasteiger partial charge in [-0.3, -0.25) is 14.3 Å². The fraction of sp³-hybridized carbons (Fsp3) is 0.400. The van der Waals surface area contributed by atoms with Gasteiger partial charge in [0.05, 0.1) is 16.6 Å². The molecular weight excluding hydrogens is 388 g/mol. The highest BCUT2D eigenvalue weighted by atomic mass is 32.2. The van der Waals surface area contributed by atoms with Crippen LogP contribution in [0.15, 0.2) is 40.3 Å². The number of nitrogens with zero attached hydrogens (tertiary/aromatic N) is 5. The number of amides is 1. The van der Waals surface area contributed by atoms with Gasteiger partial charge in [-0.25, -0.2) is 4.68 Å². The van der Waals surface area contributed by atoms with E-state index in [1.807, 2.05) is 51.1 Å². The van der Waals surface area contributed by atoms with Gasteiger partial charge in [0.1, 0.15) is 11.5 Å². The highest BCUT2D eigenvalue weighted by Crippen LogP contribution is 2.39. The van der Waals surface area contributed by atoms with Crippen molar-refractivity contribution in [2.45, 2.75) is 50.1 Å². The van der Waals surface area contributed by atoms with Gasteiger partial charge in [-0.2, -0.15) is 0 Å². The number of thioether (sulfide) groups is 1. The van der Waals surface area contributed by atoms with Crippen molar-refractivity contribution >= 4 is 23.4 Å². The first-order chi connectivity index (χ1) is 13.9. The minimum atomic E-state index is -0.416. The summed E-state index contributed by atoms with van der Waals surface area (Å²) in [6, 6.07) is 9.81. The number of carbonyl (C=O) groups excluding carboxylic acids is 1. The lowest BCUT2D eigenvalue weighted by atomic mass is 10.3. The van der Waals surface area contributed by atoms with Gasteiger partial charge in [0.2, 0.25) is 5.91 Å². The number of hydrogen-bond donors (Lipinski definition) is 1. The molecule has 1 fully saturated rings. The molecule has 1 aliphatic carbocycles. The van der Waals surface area contributed by atoms with Gasteiger partial charge in [-0.1, -0.05) is 30.0 Å². The fourth-order valence-corrected chi connectivity index (χ4v) is 4.30. The van der Waals surface area contributed by atoms with Crippen molar-refractivity contribution in [2.75, 3.05) is 5.32 Å². The molecule has 0 spiro atoms. The Bertz CT molecular complexity index is 1110. The molecule has 1 atom stereocenters. The lowest BCUT2D eigenvalue weighted by Crippen LogP contribution is -2.27. The zero-order valence-corrected chi connectivity index (χ0v) is 17.7. The Hall–Kier alpha value is -2.81. The predicted octanol–water partition coefficient (Wildman–Crippen LogP) is 2.84. The largest absolute Gasteiger partial charge is 0.319 e. The van der Waals surface area contributed by atoms with Crippen molar-refractivity contribution in [3.8, 4) is 5.69 Å². The number of carbonyl (C=O) groups is 1. The highest BCUT2D eigenvalue weighted by Gasteiger charge is 2.30. The molecule has 29 heavy (non-hydrogen) atoms. The van der Waals surface area contributed by atoms with Gasteiger partial charge in [0, 0.05) is 13.1 Å².